The SMILES string of the molecule is CCC=C(OCC)C1(C)CCCCC1=O. The first-order chi connectivity index (χ1) is 7.15. The Kier molecular flexibility index (Phi) is 4.37. The molecule has 0 radical (unpaired) electrons. The summed E-state index contributed by atoms with van der Waals surface area (Å²) in [5.41, 5.74) is -0.343. The zero-order chi connectivity index (χ0) is 11.3. The molecule has 0 amide bonds. The molecule has 1 fully saturated rings. The molecule has 0 bridgehead atoms. The van der Waals surface area contributed by atoms with Crippen LogP contribution in [-0.2, 0) is 9.53 Å². The average Bonchev–Trinajstić information content (AvgIpc) is 2.22. The number of hydrogen-bond donors (Lipinski definition) is 0. The van der Waals surface area contributed by atoms with E-state index in [2.05, 4.69) is 13.0 Å². The van der Waals surface area contributed by atoms with E-state index in [-0.39, 0.29) is 5.41 Å². The molecule has 1 atom stereocenters. The van der Waals surface area contributed by atoms with Crippen molar-refractivity contribution in [2.75, 3.05) is 6.61 Å². The first-order valence-electron chi connectivity index (χ1n) is 6.02. The third kappa shape index (κ3) is 2.61. The first-order valence-corrected chi connectivity index (χ1v) is 6.02. The molecule has 2 nitrogen and oxygen atoms in total. The molecule has 1 saturated carbocycles. The van der Waals surface area contributed by atoms with Crippen molar-refractivity contribution in [3.05, 3.63) is 11.8 Å². The van der Waals surface area contributed by atoms with E-state index in [0.29, 0.717) is 18.8 Å². The van der Waals surface area contributed by atoms with Crippen LogP contribution in [0.4, 0.5) is 0 Å². The van der Waals surface area contributed by atoms with E-state index in [1.54, 1.807) is 0 Å². The van der Waals surface area contributed by atoms with Gasteiger partial charge in [0.15, 0.2) is 0 Å². The maximum Gasteiger partial charge on any atom is 0.146 e. The van der Waals surface area contributed by atoms with Gasteiger partial charge in [-0.2, -0.15) is 0 Å². The van der Waals surface area contributed by atoms with E-state index in [1.165, 1.54) is 0 Å². The summed E-state index contributed by atoms with van der Waals surface area (Å²) in [5.74, 6) is 1.25. The molecule has 86 valence electrons. The van der Waals surface area contributed by atoms with Crippen LogP contribution in [0.5, 0.6) is 0 Å². The third-order valence-corrected chi connectivity index (χ3v) is 3.18. The van der Waals surface area contributed by atoms with Crippen LogP contribution in [0.15, 0.2) is 11.8 Å². The zero-order valence-corrected chi connectivity index (χ0v) is 10.1. The summed E-state index contributed by atoms with van der Waals surface area (Å²) in [6.45, 7) is 6.73. The van der Waals surface area contributed by atoms with Crippen LogP contribution < -0.4 is 0 Å². The normalized spacial score (nSPS) is 27.9. The average molecular weight is 210 g/mol. The molecule has 2 heteroatoms. The monoisotopic (exact) mass is 210 g/mol. The number of rotatable bonds is 4. The molecule has 0 spiro atoms. The lowest BCUT2D eigenvalue weighted by Crippen LogP contribution is -2.34. The van der Waals surface area contributed by atoms with Gasteiger partial charge in [0.2, 0.25) is 0 Å². The maximum absolute atomic E-state index is 12.0. The predicted octanol–water partition coefficient (Wildman–Crippen LogP) is 3.47. The van der Waals surface area contributed by atoms with Gasteiger partial charge in [-0.25, -0.2) is 0 Å². The molecule has 0 N–H and O–H groups in total. The van der Waals surface area contributed by atoms with Crippen molar-refractivity contribution < 1.29 is 9.53 Å². The molecular formula is C13H22O2. The van der Waals surface area contributed by atoms with Gasteiger partial charge in [0.25, 0.3) is 0 Å². The van der Waals surface area contributed by atoms with Gasteiger partial charge in [0, 0.05) is 6.42 Å². The third-order valence-electron chi connectivity index (χ3n) is 3.18. The number of carbonyl (C=O) groups is 1. The van der Waals surface area contributed by atoms with Gasteiger partial charge in [-0.05, 0) is 39.2 Å². The lowest BCUT2D eigenvalue weighted by molar-refractivity contribution is -0.130. The Morgan fingerprint density at radius 1 is 1.47 bits per heavy atom. The van der Waals surface area contributed by atoms with Crippen LogP contribution in [0.25, 0.3) is 0 Å². The molecule has 1 rings (SSSR count). The summed E-state index contributed by atoms with van der Waals surface area (Å²) in [6, 6.07) is 0. The number of hydrogen-bond acceptors (Lipinski definition) is 2. The van der Waals surface area contributed by atoms with Gasteiger partial charge < -0.3 is 4.74 Å². The molecule has 1 unspecified atom stereocenters. The van der Waals surface area contributed by atoms with Gasteiger partial charge in [-0.15, -0.1) is 0 Å². The van der Waals surface area contributed by atoms with Crippen molar-refractivity contribution in [2.45, 2.75) is 52.9 Å². The number of allylic oxidation sites excluding steroid dienone is 2. The first kappa shape index (κ1) is 12.3. The van der Waals surface area contributed by atoms with Gasteiger partial charge in [-0.3, -0.25) is 4.79 Å². The molecular weight excluding hydrogens is 188 g/mol. The second-order valence-electron chi connectivity index (χ2n) is 4.37. The molecule has 0 aromatic carbocycles. The van der Waals surface area contributed by atoms with Crippen molar-refractivity contribution in [1.82, 2.24) is 0 Å². The minimum atomic E-state index is -0.343. The standard InChI is InChI=1S/C13H22O2/c1-4-8-12(15-5-2)13(3)10-7-6-9-11(13)14/h8H,4-7,9-10H2,1-3H3. The summed E-state index contributed by atoms with van der Waals surface area (Å²) >= 11 is 0. The van der Waals surface area contributed by atoms with Crippen molar-refractivity contribution in [3.8, 4) is 0 Å². The van der Waals surface area contributed by atoms with Crippen LogP contribution in [0.1, 0.15) is 52.9 Å². The number of carbonyl (C=O) groups excluding carboxylic acids is 1. The predicted molar refractivity (Wildman–Crippen MR) is 61.6 cm³/mol. The highest BCUT2D eigenvalue weighted by Crippen LogP contribution is 2.39. The highest BCUT2D eigenvalue weighted by molar-refractivity contribution is 5.87. The number of Topliss-reactive ketones (excluding diaryl/α,β-unsaturated/α-hetero) is 1. The topological polar surface area (TPSA) is 26.3 Å². The Morgan fingerprint density at radius 3 is 2.73 bits per heavy atom. The van der Waals surface area contributed by atoms with E-state index in [4.69, 9.17) is 4.74 Å². The highest BCUT2D eigenvalue weighted by Gasteiger charge is 2.39. The Hall–Kier alpha value is -0.790. The van der Waals surface area contributed by atoms with Gasteiger partial charge >= 0.3 is 0 Å². The van der Waals surface area contributed by atoms with Crippen molar-refractivity contribution in [3.63, 3.8) is 0 Å². The van der Waals surface area contributed by atoms with Crippen LogP contribution in [0.2, 0.25) is 0 Å². The Bertz CT molecular complexity index is 255. The molecule has 1 aliphatic carbocycles. The number of ether oxygens (including phenoxy) is 1. The second kappa shape index (κ2) is 5.34. The van der Waals surface area contributed by atoms with Crippen molar-refractivity contribution >= 4 is 5.78 Å². The Morgan fingerprint density at radius 2 is 2.20 bits per heavy atom. The Labute approximate surface area is 92.7 Å². The fourth-order valence-corrected chi connectivity index (χ4v) is 2.22. The fourth-order valence-electron chi connectivity index (χ4n) is 2.22. The quantitative estimate of drug-likeness (QED) is 0.664. The van der Waals surface area contributed by atoms with E-state index in [0.717, 1.165) is 31.4 Å². The van der Waals surface area contributed by atoms with Gasteiger partial charge in [0.05, 0.1) is 12.0 Å². The molecule has 0 saturated heterocycles. The Balaban J connectivity index is 2.87. The minimum Gasteiger partial charge on any atom is -0.498 e. The molecule has 0 aromatic heterocycles. The lowest BCUT2D eigenvalue weighted by Gasteiger charge is -2.33. The summed E-state index contributed by atoms with van der Waals surface area (Å²) in [5, 5.41) is 0. The van der Waals surface area contributed by atoms with Crippen LogP contribution in [0.3, 0.4) is 0 Å². The summed E-state index contributed by atoms with van der Waals surface area (Å²) in [6.07, 6.45) is 6.82. The lowest BCUT2D eigenvalue weighted by atomic mass is 9.73. The zero-order valence-electron chi connectivity index (χ0n) is 10.1. The molecule has 15 heavy (non-hydrogen) atoms. The van der Waals surface area contributed by atoms with E-state index >= 15 is 0 Å². The summed E-state index contributed by atoms with van der Waals surface area (Å²) in [4.78, 5) is 12.0. The highest BCUT2D eigenvalue weighted by atomic mass is 16.5. The molecule has 0 aliphatic heterocycles. The van der Waals surface area contributed by atoms with E-state index in [1.807, 2.05) is 13.8 Å². The smallest absolute Gasteiger partial charge is 0.146 e. The fraction of sp³-hybridized carbons (Fsp3) is 0.769. The second-order valence-corrected chi connectivity index (χ2v) is 4.37. The summed E-state index contributed by atoms with van der Waals surface area (Å²) in [7, 11) is 0. The summed E-state index contributed by atoms with van der Waals surface area (Å²) < 4.78 is 5.64. The van der Waals surface area contributed by atoms with Gasteiger partial charge in [-0.1, -0.05) is 13.3 Å². The maximum atomic E-state index is 12.0. The van der Waals surface area contributed by atoms with Crippen LogP contribution in [0, 0.1) is 5.41 Å². The van der Waals surface area contributed by atoms with Crippen LogP contribution >= 0.6 is 0 Å². The molecule has 1 aliphatic rings. The van der Waals surface area contributed by atoms with Gasteiger partial charge in [0.1, 0.15) is 11.5 Å². The van der Waals surface area contributed by atoms with Crippen molar-refractivity contribution in [1.29, 1.82) is 0 Å². The number of ketones is 1. The van der Waals surface area contributed by atoms with Crippen molar-refractivity contribution in [2.24, 2.45) is 5.41 Å². The van der Waals surface area contributed by atoms with Crippen LogP contribution in [-0.4, -0.2) is 12.4 Å². The van der Waals surface area contributed by atoms with E-state index in [9.17, 15) is 4.79 Å². The minimum absolute atomic E-state index is 0.343. The molecule has 0 heterocycles. The van der Waals surface area contributed by atoms with E-state index < -0.39 is 0 Å². The molecule has 0 aromatic rings. The largest absolute Gasteiger partial charge is 0.498 e.